The molecule has 0 aliphatic rings. The Morgan fingerprint density at radius 2 is 1.40 bits per heavy atom. The van der Waals surface area contributed by atoms with Crippen molar-refractivity contribution < 1.29 is 55.1 Å². The third-order valence-corrected chi connectivity index (χ3v) is 5.47. The van der Waals surface area contributed by atoms with Crippen LogP contribution in [0, 0.1) is 0 Å². The molecule has 6 nitrogen and oxygen atoms in total. The van der Waals surface area contributed by atoms with Crippen LogP contribution < -0.4 is 33.7 Å². The van der Waals surface area contributed by atoms with Crippen molar-refractivity contribution in [3.05, 3.63) is 66.7 Å². The van der Waals surface area contributed by atoms with Crippen LogP contribution in [0.3, 0.4) is 0 Å². The van der Waals surface area contributed by atoms with E-state index < -0.39 is 25.1 Å². The van der Waals surface area contributed by atoms with E-state index in [2.05, 4.69) is 0 Å². The summed E-state index contributed by atoms with van der Waals surface area (Å²) in [7, 11) is -8.67. The van der Waals surface area contributed by atoms with E-state index in [4.69, 9.17) is 4.18 Å². The minimum atomic E-state index is -4.55. The molecule has 0 saturated carbocycles. The molecule has 3 rings (SSSR count). The third kappa shape index (κ3) is 4.41. The molecule has 1 N–H and O–H groups in total. The molecule has 25 heavy (non-hydrogen) atoms. The molecule has 0 aromatic heterocycles. The first kappa shape index (κ1) is 19.9. The normalized spacial score (nSPS) is 11.7. The number of benzene rings is 3. The Hall–Kier alpha value is -1.42. The monoisotopic (exact) mass is 387 g/mol. The summed E-state index contributed by atoms with van der Waals surface area (Å²) >= 11 is 0. The Labute approximate surface area is 167 Å². The Balaban J connectivity index is 0.00000225. The van der Waals surface area contributed by atoms with E-state index in [9.17, 15) is 21.4 Å². The van der Waals surface area contributed by atoms with Gasteiger partial charge in [0, 0.05) is 11.5 Å². The van der Waals surface area contributed by atoms with Crippen LogP contribution in [0.25, 0.3) is 10.8 Å². The molecule has 0 heterocycles. The molecule has 0 fully saturated rings. The summed E-state index contributed by atoms with van der Waals surface area (Å²) in [5.74, 6) is -0.204. The predicted octanol–water partition coefficient (Wildman–Crippen LogP) is -0.142. The zero-order valence-electron chi connectivity index (χ0n) is 13.2. The number of hydrogen-bond donors (Lipinski definition) is 1. The van der Waals surface area contributed by atoms with Crippen molar-refractivity contribution in [1.82, 2.24) is 0 Å². The average molecular weight is 387 g/mol. The van der Waals surface area contributed by atoms with Crippen molar-refractivity contribution in [2.24, 2.45) is 0 Å². The first-order valence-electron chi connectivity index (χ1n) is 6.77. The summed E-state index contributed by atoms with van der Waals surface area (Å²) in [5, 5.41) is 0.690. The number of rotatable bonds is 4. The van der Waals surface area contributed by atoms with Gasteiger partial charge in [-0.3, -0.25) is 4.55 Å². The van der Waals surface area contributed by atoms with Gasteiger partial charge in [0.05, 0.1) is 0 Å². The van der Waals surface area contributed by atoms with Gasteiger partial charge in [-0.25, -0.2) is 0 Å². The van der Waals surface area contributed by atoms with Crippen molar-refractivity contribution in [1.29, 1.82) is 0 Å². The summed E-state index contributed by atoms with van der Waals surface area (Å²) in [5.41, 5.74) is 0. The molecule has 0 aliphatic heterocycles. The van der Waals surface area contributed by atoms with Gasteiger partial charge in [0.15, 0.2) is 0 Å². The minimum Gasteiger partial charge on any atom is -0.379 e. The van der Waals surface area contributed by atoms with Crippen LogP contribution in [0.5, 0.6) is 5.75 Å². The molecular formula is C16H12NaO6S2+. The maximum Gasteiger partial charge on any atom is 1.00 e. The second-order valence-corrected chi connectivity index (χ2v) is 7.90. The Morgan fingerprint density at radius 1 is 0.800 bits per heavy atom. The maximum absolute atomic E-state index is 12.3. The fourth-order valence-electron chi connectivity index (χ4n) is 2.27. The molecule has 0 bridgehead atoms. The van der Waals surface area contributed by atoms with E-state index >= 15 is 0 Å². The van der Waals surface area contributed by atoms with Crippen molar-refractivity contribution in [2.45, 2.75) is 9.79 Å². The molecule has 3 aromatic rings. The van der Waals surface area contributed by atoms with Gasteiger partial charge in [-0.05, 0) is 23.6 Å². The van der Waals surface area contributed by atoms with Crippen molar-refractivity contribution >= 4 is 31.0 Å². The van der Waals surface area contributed by atoms with Gasteiger partial charge in [0.25, 0.3) is 10.1 Å². The van der Waals surface area contributed by atoms with Crippen molar-refractivity contribution in [3.8, 4) is 5.75 Å². The van der Waals surface area contributed by atoms with Crippen LogP contribution in [-0.2, 0) is 20.2 Å². The average Bonchev–Trinajstić information content (AvgIpc) is 2.54. The second-order valence-electron chi connectivity index (χ2n) is 4.97. The van der Waals surface area contributed by atoms with E-state index in [1.807, 2.05) is 0 Å². The minimum absolute atomic E-state index is 0. The van der Waals surface area contributed by atoms with Crippen LogP contribution in [0.1, 0.15) is 0 Å². The predicted molar refractivity (Wildman–Crippen MR) is 88.0 cm³/mol. The number of fused-ring (bicyclic) bond motifs is 1. The Bertz CT molecular complexity index is 1110. The molecule has 3 aromatic carbocycles. The van der Waals surface area contributed by atoms with E-state index in [0.717, 1.165) is 6.07 Å². The van der Waals surface area contributed by atoms with Crippen LogP contribution in [-0.4, -0.2) is 21.4 Å². The largest absolute Gasteiger partial charge is 1.00 e. The molecule has 0 radical (unpaired) electrons. The first-order valence-corrected chi connectivity index (χ1v) is 9.62. The molecule has 0 saturated heterocycles. The molecule has 0 spiro atoms. The SMILES string of the molecule is O=S(=O)(O)c1cc(OS(=O)(=O)c2ccccc2)cc2ccccc12.[Na+]. The summed E-state index contributed by atoms with van der Waals surface area (Å²) in [4.78, 5) is -0.481. The molecule has 124 valence electrons. The fraction of sp³-hybridized carbons (Fsp3) is 0. The van der Waals surface area contributed by atoms with E-state index in [1.165, 1.54) is 24.3 Å². The molecule has 9 heteroatoms. The smallest absolute Gasteiger partial charge is 0.379 e. The van der Waals surface area contributed by atoms with Crippen LogP contribution in [0.15, 0.2) is 76.5 Å². The topological polar surface area (TPSA) is 97.7 Å². The summed E-state index contributed by atoms with van der Waals surface area (Å²) in [6.45, 7) is 0. The molecular weight excluding hydrogens is 375 g/mol. The summed E-state index contributed by atoms with van der Waals surface area (Å²) in [6.07, 6.45) is 0. The van der Waals surface area contributed by atoms with Gasteiger partial charge < -0.3 is 4.18 Å². The van der Waals surface area contributed by atoms with E-state index in [1.54, 1.807) is 36.4 Å². The van der Waals surface area contributed by atoms with Gasteiger partial charge in [-0.15, -0.1) is 0 Å². The first-order chi connectivity index (χ1) is 11.3. The fourth-order valence-corrected chi connectivity index (χ4v) is 3.94. The molecule has 0 unspecified atom stereocenters. The summed E-state index contributed by atoms with van der Waals surface area (Å²) < 4.78 is 62.1. The second kappa shape index (κ2) is 7.45. The Morgan fingerprint density at radius 3 is 2.04 bits per heavy atom. The van der Waals surface area contributed by atoms with E-state index in [0.29, 0.717) is 5.39 Å². The van der Waals surface area contributed by atoms with Gasteiger partial charge in [-0.2, -0.15) is 16.8 Å². The molecule has 0 aliphatic carbocycles. The van der Waals surface area contributed by atoms with Crippen LogP contribution in [0.2, 0.25) is 0 Å². The standard InChI is InChI=1S/C16H12O6S2.Na/c17-23(18,19)16-11-13(10-12-6-4-5-9-15(12)16)22-24(20,21)14-7-2-1-3-8-14;/h1-11H,(H,17,18,19);/q;+1. The summed E-state index contributed by atoms with van der Waals surface area (Å²) in [6, 6.07) is 16.2. The van der Waals surface area contributed by atoms with E-state index in [-0.39, 0.29) is 45.6 Å². The molecule has 0 amide bonds. The zero-order chi connectivity index (χ0) is 17.4. The van der Waals surface area contributed by atoms with Crippen molar-refractivity contribution in [3.63, 3.8) is 0 Å². The van der Waals surface area contributed by atoms with Gasteiger partial charge in [0.2, 0.25) is 0 Å². The zero-order valence-corrected chi connectivity index (χ0v) is 16.8. The number of hydrogen-bond acceptors (Lipinski definition) is 5. The maximum atomic E-state index is 12.3. The van der Waals surface area contributed by atoms with Crippen LogP contribution in [0.4, 0.5) is 0 Å². The molecule has 0 atom stereocenters. The third-order valence-electron chi connectivity index (χ3n) is 3.31. The van der Waals surface area contributed by atoms with Gasteiger partial charge in [-0.1, -0.05) is 42.5 Å². The van der Waals surface area contributed by atoms with Crippen molar-refractivity contribution in [2.75, 3.05) is 0 Å². The van der Waals surface area contributed by atoms with Gasteiger partial charge >= 0.3 is 39.7 Å². The Kier molecular flexibility index (Phi) is 5.93. The van der Waals surface area contributed by atoms with Crippen LogP contribution >= 0.6 is 0 Å². The quantitative estimate of drug-likeness (QED) is 0.380. The van der Waals surface area contributed by atoms with Gasteiger partial charge in [0.1, 0.15) is 15.5 Å².